The number of rotatable bonds is 8. The Morgan fingerprint density at radius 2 is 1.93 bits per heavy atom. The molecule has 4 rings (SSSR count). The molecular weight excluding hydrogens is 368 g/mol. The molecule has 2 aliphatic carbocycles. The van der Waals surface area contributed by atoms with Crippen LogP contribution in [0.4, 0.5) is 0 Å². The molecule has 0 aromatic carbocycles. The minimum atomic E-state index is -0.119. The number of nitrogens with zero attached hydrogens (tertiary/aromatic N) is 4. The summed E-state index contributed by atoms with van der Waals surface area (Å²) in [5.74, 6) is 1.03. The van der Waals surface area contributed by atoms with Crippen LogP contribution >= 0.6 is 0 Å². The Labute approximate surface area is 171 Å². The van der Waals surface area contributed by atoms with Gasteiger partial charge in [0.1, 0.15) is 0 Å². The van der Waals surface area contributed by atoms with Gasteiger partial charge in [0.05, 0.1) is 18.0 Å². The highest BCUT2D eigenvalue weighted by molar-refractivity contribution is 6.06. The summed E-state index contributed by atoms with van der Waals surface area (Å²) in [4.78, 5) is 31.5. The highest BCUT2D eigenvalue weighted by Crippen LogP contribution is 2.52. The summed E-state index contributed by atoms with van der Waals surface area (Å²) in [6.07, 6.45) is 11.0. The van der Waals surface area contributed by atoms with Gasteiger partial charge < -0.3 is 10.6 Å². The third kappa shape index (κ3) is 3.93. The molecule has 0 spiro atoms. The monoisotopic (exact) mass is 398 g/mol. The molecule has 0 radical (unpaired) electrons. The van der Waals surface area contributed by atoms with Gasteiger partial charge in [0.2, 0.25) is 11.8 Å². The first-order chi connectivity index (χ1) is 14.1. The molecule has 29 heavy (non-hydrogen) atoms. The highest BCUT2D eigenvalue weighted by atomic mass is 16.2. The summed E-state index contributed by atoms with van der Waals surface area (Å²) in [6.45, 7) is 4.38. The fourth-order valence-electron chi connectivity index (χ4n) is 4.89. The molecule has 8 nitrogen and oxygen atoms in total. The number of aliphatic imine (C=N–C) groups is 1. The van der Waals surface area contributed by atoms with Crippen LogP contribution in [0.1, 0.15) is 25.3 Å². The number of carbonyl (C=O) groups excluding carboxylic acids is 2. The van der Waals surface area contributed by atoms with Crippen molar-refractivity contribution in [3.05, 3.63) is 30.1 Å². The summed E-state index contributed by atoms with van der Waals surface area (Å²) in [5.41, 5.74) is 1.21. The molecule has 2 fully saturated rings. The number of allylic oxidation sites excluding steroid dienone is 2. The Hall–Kier alpha value is -2.64. The van der Waals surface area contributed by atoms with Crippen molar-refractivity contribution in [2.24, 2.45) is 35.7 Å². The molecule has 8 heteroatoms. The summed E-state index contributed by atoms with van der Waals surface area (Å²) in [7, 11) is 1.92. The molecule has 4 unspecified atom stereocenters. The van der Waals surface area contributed by atoms with Crippen molar-refractivity contribution < 1.29 is 9.59 Å². The first kappa shape index (κ1) is 19.7. The molecule has 1 aromatic heterocycles. The van der Waals surface area contributed by atoms with Gasteiger partial charge in [-0.3, -0.25) is 24.2 Å². The molecule has 2 amide bonds. The van der Waals surface area contributed by atoms with Crippen LogP contribution in [-0.4, -0.2) is 58.6 Å². The van der Waals surface area contributed by atoms with Gasteiger partial charge in [0.25, 0.3) is 0 Å². The first-order valence-corrected chi connectivity index (χ1v) is 10.6. The number of aryl methyl sites for hydroxylation is 2. The number of imide groups is 1. The lowest BCUT2D eigenvalue weighted by molar-refractivity contribution is -0.140. The number of likely N-dealkylation sites (tertiary alicyclic amines) is 1. The number of hydrogen-bond donors (Lipinski definition) is 2. The van der Waals surface area contributed by atoms with Gasteiger partial charge in [-0.15, -0.1) is 0 Å². The van der Waals surface area contributed by atoms with E-state index in [0.29, 0.717) is 19.6 Å². The zero-order valence-electron chi connectivity index (χ0n) is 17.2. The van der Waals surface area contributed by atoms with Crippen molar-refractivity contribution in [1.82, 2.24) is 25.3 Å². The maximum absolute atomic E-state index is 12.7. The highest BCUT2D eigenvalue weighted by Gasteiger charge is 2.58. The van der Waals surface area contributed by atoms with Crippen molar-refractivity contribution in [2.45, 2.75) is 26.2 Å². The smallest absolute Gasteiger partial charge is 0.233 e. The van der Waals surface area contributed by atoms with Crippen LogP contribution in [0.15, 0.2) is 29.5 Å². The summed E-state index contributed by atoms with van der Waals surface area (Å²) in [5, 5.41) is 10.7. The Bertz CT molecular complexity index is 799. The van der Waals surface area contributed by atoms with E-state index in [-0.39, 0.29) is 35.5 Å². The molecule has 156 valence electrons. The zero-order valence-corrected chi connectivity index (χ0v) is 17.2. The number of nitrogens with one attached hydrogen (secondary N) is 2. The van der Waals surface area contributed by atoms with E-state index >= 15 is 0 Å². The Balaban J connectivity index is 1.24. The average Bonchev–Trinajstić information content (AvgIpc) is 3.46. The van der Waals surface area contributed by atoms with Gasteiger partial charge in [0.15, 0.2) is 5.96 Å². The Kier molecular flexibility index (Phi) is 5.69. The quantitative estimate of drug-likeness (QED) is 0.221. The van der Waals surface area contributed by atoms with Gasteiger partial charge in [-0.1, -0.05) is 12.2 Å². The summed E-state index contributed by atoms with van der Waals surface area (Å²) < 4.78 is 1.81. The van der Waals surface area contributed by atoms with E-state index in [9.17, 15) is 9.59 Å². The molecular formula is C21H30N6O2. The molecule has 2 heterocycles. The van der Waals surface area contributed by atoms with Crippen LogP contribution in [0.5, 0.6) is 0 Å². The van der Waals surface area contributed by atoms with Crippen LogP contribution in [0.3, 0.4) is 0 Å². The standard InChI is InChI=1S/C21H30N6O2/c1-3-22-21(23-8-4-5-14-12-25-26(2)13-14)24-9-10-27-19(28)17-15-6-7-16(11-15)18(17)20(27)29/h6-7,12-13,15-18H,3-5,8-11H2,1-2H3,(H2,22,23,24). The molecule has 2 N–H and O–H groups in total. The maximum Gasteiger partial charge on any atom is 0.233 e. The third-order valence-corrected chi connectivity index (χ3v) is 6.19. The van der Waals surface area contributed by atoms with Crippen molar-refractivity contribution in [3.8, 4) is 0 Å². The van der Waals surface area contributed by atoms with E-state index in [2.05, 4.69) is 32.9 Å². The predicted octanol–water partition coefficient (Wildman–Crippen LogP) is 0.715. The molecule has 4 atom stereocenters. The predicted molar refractivity (Wildman–Crippen MR) is 110 cm³/mol. The van der Waals surface area contributed by atoms with Crippen molar-refractivity contribution in [1.29, 1.82) is 0 Å². The van der Waals surface area contributed by atoms with Crippen molar-refractivity contribution >= 4 is 17.8 Å². The van der Waals surface area contributed by atoms with Crippen molar-refractivity contribution in [2.75, 3.05) is 26.2 Å². The van der Waals surface area contributed by atoms with Crippen molar-refractivity contribution in [3.63, 3.8) is 0 Å². The number of aromatic nitrogens is 2. The molecule has 1 aliphatic heterocycles. The van der Waals surface area contributed by atoms with Gasteiger partial charge >= 0.3 is 0 Å². The lowest BCUT2D eigenvalue weighted by atomic mass is 9.85. The normalized spacial score (nSPS) is 27.8. The fourth-order valence-corrected chi connectivity index (χ4v) is 4.89. The number of carbonyl (C=O) groups is 2. The Morgan fingerprint density at radius 1 is 1.21 bits per heavy atom. The van der Waals surface area contributed by atoms with Crippen LogP contribution in [-0.2, 0) is 23.1 Å². The number of amides is 2. The van der Waals surface area contributed by atoms with Crippen LogP contribution in [0, 0.1) is 23.7 Å². The minimum absolute atomic E-state index is 0.0112. The van der Waals surface area contributed by atoms with E-state index in [1.165, 1.54) is 10.5 Å². The van der Waals surface area contributed by atoms with Gasteiger partial charge in [0, 0.05) is 39.4 Å². The maximum atomic E-state index is 12.7. The van der Waals surface area contributed by atoms with Crippen LogP contribution in [0.25, 0.3) is 0 Å². The van der Waals surface area contributed by atoms with E-state index in [1.807, 2.05) is 26.4 Å². The zero-order chi connectivity index (χ0) is 20.4. The first-order valence-electron chi connectivity index (χ1n) is 10.6. The molecule has 2 bridgehead atoms. The minimum Gasteiger partial charge on any atom is -0.357 e. The topological polar surface area (TPSA) is 91.6 Å². The SMILES string of the molecule is CCNC(=NCCCc1cnn(C)c1)NCCN1C(=O)C2C3C=CC(C3)C2C1=O. The molecule has 1 aromatic rings. The summed E-state index contributed by atoms with van der Waals surface area (Å²) >= 11 is 0. The lowest BCUT2D eigenvalue weighted by Gasteiger charge is -2.18. The second kappa shape index (κ2) is 8.39. The van der Waals surface area contributed by atoms with E-state index in [0.717, 1.165) is 31.8 Å². The molecule has 1 saturated carbocycles. The second-order valence-electron chi connectivity index (χ2n) is 8.14. The van der Waals surface area contributed by atoms with E-state index in [4.69, 9.17) is 0 Å². The molecule has 3 aliphatic rings. The Morgan fingerprint density at radius 3 is 2.55 bits per heavy atom. The second-order valence-corrected chi connectivity index (χ2v) is 8.14. The average molecular weight is 399 g/mol. The van der Waals surface area contributed by atoms with Gasteiger partial charge in [-0.2, -0.15) is 5.10 Å². The third-order valence-electron chi connectivity index (χ3n) is 6.19. The summed E-state index contributed by atoms with van der Waals surface area (Å²) in [6, 6.07) is 0. The van der Waals surface area contributed by atoms with Crippen LogP contribution in [0.2, 0.25) is 0 Å². The number of guanidine groups is 1. The molecule has 1 saturated heterocycles. The van der Waals surface area contributed by atoms with Gasteiger partial charge in [-0.05, 0) is 43.6 Å². The van der Waals surface area contributed by atoms with E-state index in [1.54, 1.807) is 4.68 Å². The van der Waals surface area contributed by atoms with Gasteiger partial charge in [-0.25, -0.2) is 0 Å². The fraction of sp³-hybridized carbons (Fsp3) is 0.619. The van der Waals surface area contributed by atoms with Crippen LogP contribution < -0.4 is 10.6 Å². The number of hydrogen-bond acceptors (Lipinski definition) is 4. The lowest BCUT2D eigenvalue weighted by Crippen LogP contribution is -2.43. The van der Waals surface area contributed by atoms with E-state index < -0.39 is 0 Å². The number of fused-ring (bicyclic) bond motifs is 5. The largest absolute Gasteiger partial charge is 0.357 e.